The van der Waals surface area contributed by atoms with Crippen LogP contribution in [-0.2, 0) is 42.2 Å². The van der Waals surface area contributed by atoms with Gasteiger partial charge in [0.1, 0.15) is 12.7 Å². The van der Waals surface area contributed by atoms with Gasteiger partial charge in [-0.25, -0.2) is 4.57 Å². The van der Waals surface area contributed by atoms with Crippen LogP contribution in [0.15, 0.2) is 182 Å². The van der Waals surface area contributed by atoms with Gasteiger partial charge in [0.2, 0.25) is 0 Å². The number of carbonyl (C=O) groups is 3. The van der Waals surface area contributed by atoms with Crippen molar-refractivity contribution in [1.29, 1.82) is 0 Å². The molecule has 0 rings (SSSR count). The highest BCUT2D eigenvalue weighted by Gasteiger charge is 2.28. The monoisotopic (exact) mass is 1100 g/mol. The van der Waals surface area contributed by atoms with E-state index in [-0.39, 0.29) is 19.3 Å². The Morgan fingerprint density at radius 2 is 0.654 bits per heavy atom. The van der Waals surface area contributed by atoms with E-state index in [0.717, 1.165) is 103 Å². The fraction of sp³-hybridized carbons (Fsp3) is 0.500. The summed E-state index contributed by atoms with van der Waals surface area (Å²) in [5.74, 6) is -1.71. The highest BCUT2D eigenvalue weighted by atomic mass is 31.2. The van der Waals surface area contributed by atoms with Gasteiger partial charge in [0.15, 0.2) is 6.10 Å². The average Bonchev–Trinajstić information content (AvgIpc) is 3.43. The molecule has 0 aliphatic rings. The number of hydrogen-bond donors (Lipinski definition) is 2. The van der Waals surface area contributed by atoms with Crippen LogP contribution in [0.25, 0.3) is 0 Å². The topological polar surface area (TPSA) is 155 Å². The summed E-state index contributed by atoms with van der Waals surface area (Å²) in [5, 5.41) is 9.81. The zero-order chi connectivity index (χ0) is 56.9. The number of rotatable bonds is 50. The smallest absolute Gasteiger partial charge is 0.462 e. The van der Waals surface area contributed by atoms with E-state index in [1.807, 2.05) is 24.3 Å². The first-order chi connectivity index (χ1) is 38.2. The van der Waals surface area contributed by atoms with Crippen molar-refractivity contribution in [1.82, 2.24) is 0 Å². The molecular weight excluding hydrogens is 1000 g/mol. The number of aliphatic hydroxyl groups is 1. The lowest BCUT2D eigenvalue weighted by Gasteiger charge is -2.21. The number of unbranched alkanes of at least 4 members (excludes halogenated alkanes) is 3. The minimum atomic E-state index is -4.81. The highest BCUT2D eigenvalue weighted by Crippen LogP contribution is 2.43. The van der Waals surface area contributed by atoms with E-state index in [2.05, 4.69) is 179 Å². The molecular formula is C66H99O11P. The molecule has 0 aromatic rings. The van der Waals surface area contributed by atoms with Gasteiger partial charge in [-0.3, -0.25) is 23.4 Å². The second-order valence-electron chi connectivity index (χ2n) is 18.0. The molecule has 0 heterocycles. The Bertz CT molecular complexity index is 2010. The molecule has 0 aliphatic heterocycles. The molecule has 0 amide bonds. The zero-order valence-corrected chi connectivity index (χ0v) is 48.7. The molecule has 0 aromatic heterocycles. The van der Waals surface area contributed by atoms with Crippen molar-refractivity contribution < 1.29 is 52.2 Å². The second-order valence-corrected chi connectivity index (χ2v) is 19.4. The molecule has 12 heteroatoms. The van der Waals surface area contributed by atoms with Crippen LogP contribution in [0.3, 0.4) is 0 Å². The van der Waals surface area contributed by atoms with Gasteiger partial charge < -0.3 is 24.2 Å². The van der Waals surface area contributed by atoms with Crippen LogP contribution in [0, 0.1) is 0 Å². The number of carbonyl (C=O) groups excluding carboxylic acids is 3. The Hall–Kier alpha value is -5.42. The summed E-state index contributed by atoms with van der Waals surface area (Å²) < 4.78 is 39.3. The maximum atomic E-state index is 12.9. The van der Waals surface area contributed by atoms with Gasteiger partial charge in [-0.15, -0.1) is 0 Å². The van der Waals surface area contributed by atoms with Crippen molar-refractivity contribution in [2.75, 3.05) is 26.4 Å². The van der Waals surface area contributed by atoms with E-state index in [1.54, 1.807) is 0 Å². The fourth-order valence-corrected chi connectivity index (χ4v) is 7.37. The molecule has 0 fully saturated rings. The SMILES string of the molecule is CC/C=C\C/C=C\C/C=C\C/C=C\C/C=C\C/C=C\CCC(=O)OC(COC(=O)CCC/C=C\C/C=C\C/C=C\C/C=C\C/C=C\CC)COP(=O)(O)OCC(CO)OC(=O)CCCC/C=C\C/C=C\C/C=C\C/C=C\CC. The van der Waals surface area contributed by atoms with E-state index in [9.17, 15) is 28.9 Å². The Morgan fingerprint density at radius 1 is 0.359 bits per heavy atom. The summed E-state index contributed by atoms with van der Waals surface area (Å²) in [5.41, 5.74) is 0. The molecule has 0 radical (unpaired) electrons. The van der Waals surface area contributed by atoms with Crippen LogP contribution in [0.4, 0.5) is 0 Å². The van der Waals surface area contributed by atoms with Crippen molar-refractivity contribution in [2.24, 2.45) is 0 Å². The number of ether oxygens (including phenoxy) is 3. The molecule has 3 unspecified atom stereocenters. The molecule has 434 valence electrons. The number of hydrogen-bond acceptors (Lipinski definition) is 10. The highest BCUT2D eigenvalue weighted by molar-refractivity contribution is 7.47. The molecule has 78 heavy (non-hydrogen) atoms. The van der Waals surface area contributed by atoms with Gasteiger partial charge in [0.25, 0.3) is 0 Å². The van der Waals surface area contributed by atoms with Crippen LogP contribution in [0.1, 0.15) is 175 Å². The van der Waals surface area contributed by atoms with Gasteiger partial charge in [-0.05, 0) is 135 Å². The second kappa shape index (κ2) is 57.7. The molecule has 2 N–H and O–H groups in total. The third-order valence-electron chi connectivity index (χ3n) is 10.8. The van der Waals surface area contributed by atoms with Crippen LogP contribution >= 0.6 is 7.82 Å². The predicted octanol–water partition coefficient (Wildman–Crippen LogP) is 17.2. The lowest BCUT2D eigenvalue weighted by atomic mass is 10.2. The number of aliphatic hydroxyl groups excluding tert-OH is 1. The first kappa shape index (κ1) is 72.6. The minimum absolute atomic E-state index is 0.0150. The summed E-state index contributed by atoms with van der Waals surface area (Å²) in [4.78, 5) is 48.5. The fourth-order valence-electron chi connectivity index (χ4n) is 6.58. The molecule has 0 aliphatic carbocycles. The molecule has 0 spiro atoms. The third kappa shape index (κ3) is 55.3. The number of phosphoric ester groups is 1. The number of allylic oxidation sites excluding steroid dienone is 30. The van der Waals surface area contributed by atoms with Gasteiger partial charge in [-0.2, -0.15) is 0 Å². The van der Waals surface area contributed by atoms with E-state index in [4.69, 9.17) is 23.3 Å². The van der Waals surface area contributed by atoms with E-state index in [0.29, 0.717) is 32.1 Å². The summed E-state index contributed by atoms with van der Waals surface area (Å²) in [7, 11) is -4.81. The minimum Gasteiger partial charge on any atom is -0.462 e. The lowest BCUT2D eigenvalue weighted by molar-refractivity contribution is -0.161. The summed E-state index contributed by atoms with van der Waals surface area (Å²) in [6.45, 7) is 4.06. The Balaban J connectivity index is 5.00. The zero-order valence-electron chi connectivity index (χ0n) is 47.8. The van der Waals surface area contributed by atoms with Crippen LogP contribution in [0.2, 0.25) is 0 Å². The van der Waals surface area contributed by atoms with Crippen LogP contribution < -0.4 is 0 Å². The van der Waals surface area contributed by atoms with Gasteiger partial charge >= 0.3 is 25.7 Å². The van der Waals surface area contributed by atoms with E-state index >= 15 is 0 Å². The van der Waals surface area contributed by atoms with Crippen LogP contribution in [0.5, 0.6) is 0 Å². The summed E-state index contributed by atoms with van der Waals surface area (Å²) in [6.07, 6.45) is 78.8. The summed E-state index contributed by atoms with van der Waals surface area (Å²) in [6, 6.07) is 0. The largest absolute Gasteiger partial charge is 0.472 e. The first-order valence-electron chi connectivity index (χ1n) is 28.7. The molecule has 0 aromatic carbocycles. The standard InChI is InChI=1S/C66H99O11P/c1-4-7-10-13-16-19-22-25-28-30-31-33-36-39-42-45-48-51-54-57-66(70)77-63(59-73-64(68)55-52-49-46-43-40-37-35-32-29-26-23-20-17-14-11-8-5-2)61-75-78(71,72)74-60-62(58-67)76-65(69)56-53-50-47-44-41-38-34-27-24-21-18-15-12-9-6-3/h7-12,16-21,25-29,31,33-35,37,39,41-44,46,48,51,62-63,67H,4-6,13-15,22-24,30,32,36,38,40,45,47,49-50,52-61H2,1-3H3,(H,71,72)/b10-7-,11-8-,12-9-,19-16-,20-17-,21-18-,28-25-,29-26-,33-31-,34-27-,37-35-,42-39-,44-41-,46-43-,51-48-. The number of esters is 3. The van der Waals surface area contributed by atoms with Gasteiger partial charge in [-0.1, -0.05) is 203 Å². The Labute approximate surface area is 471 Å². The predicted molar refractivity (Wildman–Crippen MR) is 324 cm³/mol. The normalized spacial score (nSPS) is 14.7. The molecule has 11 nitrogen and oxygen atoms in total. The molecule has 0 saturated heterocycles. The molecule has 3 atom stereocenters. The first-order valence-corrected chi connectivity index (χ1v) is 30.2. The molecule has 0 saturated carbocycles. The maximum Gasteiger partial charge on any atom is 0.472 e. The van der Waals surface area contributed by atoms with Crippen molar-refractivity contribution >= 4 is 25.7 Å². The van der Waals surface area contributed by atoms with Crippen molar-refractivity contribution in [3.8, 4) is 0 Å². The lowest BCUT2D eigenvalue weighted by Crippen LogP contribution is -2.30. The van der Waals surface area contributed by atoms with Crippen molar-refractivity contribution in [3.63, 3.8) is 0 Å². The third-order valence-corrected chi connectivity index (χ3v) is 11.8. The molecule has 0 bridgehead atoms. The van der Waals surface area contributed by atoms with E-state index < -0.39 is 64.4 Å². The number of phosphoric acid groups is 1. The van der Waals surface area contributed by atoms with E-state index in [1.165, 1.54) is 0 Å². The average molecular weight is 1100 g/mol. The quantitative estimate of drug-likeness (QED) is 0.0197. The van der Waals surface area contributed by atoms with Crippen LogP contribution in [-0.4, -0.2) is 66.5 Å². The Kier molecular flexibility index (Phi) is 53.7. The van der Waals surface area contributed by atoms with Gasteiger partial charge in [0.05, 0.1) is 19.8 Å². The Morgan fingerprint density at radius 3 is 1.03 bits per heavy atom. The van der Waals surface area contributed by atoms with Crippen molar-refractivity contribution in [2.45, 2.75) is 187 Å². The summed E-state index contributed by atoms with van der Waals surface area (Å²) >= 11 is 0. The maximum absolute atomic E-state index is 12.9. The van der Waals surface area contributed by atoms with Crippen molar-refractivity contribution in [3.05, 3.63) is 182 Å². The van der Waals surface area contributed by atoms with Gasteiger partial charge in [0, 0.05) is 19.3 Å².